The maximum Gasteiger partial charge on any atom is 0.303 e. The lowest BCUT2D eigenvalue weighted by Crippen LogP contribution is -2.19. The number of carboxylic acids is 1. The van der Waals surface area contributed by atoms with Crippen molar-refractivity contribution in [3.05, 3.63) is 24.3 Å². The first-order chi connectivity index (χ1) is 8.81. The van der Waals surface area contributed by atoms with Gasteiger partial charge in [-0.05, 0) is 37.6 Å². The summed E-state index contributed by atoms with van der Waals surface area (Å²) in [7, 11) is -3.75. The van der Waals surface area contributed by atoms with E-state index < -0.39 is 16.0 Å². The van der Waals surface area contributed by atoms with Crippen LogP contribution in [0, 0.1) is 0 Å². The third-order valence-electron chi connectivity index (χ3n) is 2.25. The number of hydrogen-bond donors (Lipinski definition) is 3. The highest BCUT2D eigenvalue weighted by molar-refractivity contribution is 7.89. The number of nitrogens with zero attached hydrogens (tertiary/aromatic N) is 1. The number of rotatable bonds is 6. The summed E-state index contributed by atoms with van der Waals surface area (Å²) in [5, 5.41) is 12.1. The highest BCUT2D eigenvalue weighted by Crippen LogP contribution is 2.11. The summed E-state index contributed by atoms with van der Waals surface area (Å²) in [5.41, 5.74) is 6.31. The number of hydrogen-bond acceptors (Lipinski definition) is 5. The van der Waals surface area contributed by atoms with Gasteiger partial charge in [-0.3, -0.25) is 4.79 Å². The number of anilines is 1. The Morgan fingerprint density at radius 2 is 1.89 bits per heavy atom. The first-order valence-corrected chi connectivity index (χ1v) is 6.92. The third-order valence-corrected chi connectivity index (χ3v) is 3.47. The average Bonchev–Trinajstić information content (AvgIpc) is 2.34. The van der Waals surface area contributed by atoms with Gasteiger partial charge in [0.1, 0.15) is 0 Å². The second-order valence-corrected chi connectivity index (χ2v) is 5.57. The zero-order valence-corrected chi connectivity index (χ0v) is 11.1. The molecule has 0 saturated carbocycles. The topological polar surface area (TPSA) is 122 Å². The van der Waals surface area contributed by atoms with Gasteiger partial charge in [0, 0.05) is 11.4 Å². The molecule has 8 heteroatoms. The van der Waals surface area contributed by atoms with Gasteiger partial charge in [0.2, 0.25) is 0 Å². The lowest BCUT2D eigenvalue weighted by Gasteiger charge is -2.05. The van der Waals surface area contributed by atoms with Crippen molar-refractivity contribution in [1.82, 2.24) is 4.83 Å². The van der Waals surface area contributed by atoms with E-state index in [1.165, 1.54) is 24.3 Å². The molecule has 0 radical (unpaired) electrons. The Kier molecular flexibility index (Phi) is 4.87. The highest BCUT2D eigenvalue weighted by atomic mass is 32.2. The minimum absolute atomic E-state index is 0.0384. The Labute approximate surface area is 111 Å². The smallest absolute Gasteiger partial charge is 0.303 e. The molecular weight excluding hydrogens is 270 g/mol. The fourth-order valence-electron chi connectivity index (χ4n) is 1.18. The monoisotopic (exact) mass is 285 g/mol. The molecule has 19 heavy (non-hydrogen) atoms. The quantitative estimate of drug-likeness (QED) is 0.405. The molecule has 0 bridgehead atoms. The molecule has 4 N–H and O–H groups in total. The van der Waals surface area contributed by atoms with E-state index in [9.17, 15) is 13.2 Å². The third kappa shape index (κ3) is 4.96. The molecule has 0 heterocycles. The molecule has 1 aromatic carbocycles. The van der Waals surface area contributed by atoms with Gasteiger partial charge >= 0.3 is 5.97 Å². The molecule has 0 aliphatic rings. The normalized spacial score (nSPS) is 12.2. The van der Waals surface area contributed by atoms with Gasteiger partial charge in [-0.1, -0.05) is 0 Å². The SMILES string of the molecule is CC(CCC(=O)O)=NNS(=O)(=O)c1ccc(N)cc1. The Morgan fingerprint density at radius 1 is 1.32 bits per heavy atom. The number of benzene rings is 1. The van der Waals surface area contributed by atoms with E-state index in [-0.39, 0.29) is 17.7 Å². The van der Waals surface area contributed by atoms with E-state index in [1.54, 1.807) is 6.92 Å². The number of carbonyl (C=O) groups is 1. The van der Waals surface area contributed by atoms with Crippen molar-refractivity contribution in [2.45, 2.75) is 24.7 Å². The Bertz CT molecular complexity index is 578. The summed E-state index contributed by atoms with van der Waals surface area (Å²) in [4.78, 5) is 12.4. The molecule has 0 aliphatic carbocycles. The van der Waals surface area contributed by atoms with E-state index >= 15 is 0 Å². The van der Waals surface area contributed by atoms with E-state index in [0.29, 0.717) is 11.4 Å². The van der Waals surface area contributed by atoms with Crippen molar-refractivity contribution < 1.29 is 18.3 Å². The summed E-state index contributed by atoms with van der Waals surface area (Å²) in [6.07, 6.45) is 0.0819. The molecule has 104 valence electrons. The summed E-state index contributed by atoms with van der Waals surface area (Å²) in [6.45, 7) is 1.55. The zero-order valence-electron chi connectivity index (χ0n) is 10.3. The number of sulfonamides is 1. The van der Waals surface area contributed by atoms with Crippen LogP contribution in [0.2, 0.25) is 0 Å². The lowest BCUT2D eigenvalue weighted by molar-refractivity contribution is -0.136. The van der Waals surface area contributed by atoms with Crippen LogP contribution in [0.3, 0.4) is 0 Å². The summed E-state index contributed by atoms with van der Waals surface area (Å²) in [5.74, 6) is -0.962. The fraction of sp³-hybridized carbons (Fsp3) is 0.273. The van der Waals surface area contributed by atoms with Crippen LogP contribution in [-0.2, 0) is 14.8 Å². The predicted molar refractivity (Wildman–Crippen MR) is 71.2 cm³/mol. The van der Waals surface area contributed by atoms with Gasteiger partial charge in [-0.2, -0.15) is 13.5 Å². The molecule has 0 fully saturated rings. The van der Waals surface area contributed by atoms with Crippen LogP contribution in [0.5, 0.6) is 0 Å². The Hall–Kier alpha value is -2.09. The number of carboxylic acid groups (broad SMARTS) is 1. The molecular formula is C11H15N3O4S. The maximum absolute atomic E-state index is 11.8. The maximum atomic E-state index is 11.8. The largest absolute Gasteiger partial charge is 0.481 e. The van der Waals surface area contributed by atoms with Crippen molar-refractivity contribution in [2.75, 3.05) is 5.73 Å². The molecule has 1 aromatic rings. The van der Waals surface area contributed by atoms with Crippen molar-refractivity contribution >= 4 is 27.4 Å². The van der Waals surface area contributed by atoms with Gasteiger partial charge in [0.25, 0.3) is 10.0 Å². The number of hydrazone groups is 1. The van der Waals surface area contributed by atoms with Crippen LogP contribution in [0.4, 0.5) is 5.69 Å². The van der Waals surface area contributed by atoms with Gasteiger partial charge in [0.05, 0.1) is 11.3 Å². The molecule has 0 saturated heterocycles. The highest BCUT2D eigenvalue weighted by Gasteiger charge is 2.12. The first kappa shape index (κ1) is 15.0. The van der Waals surface area contributed by atoms with Gasteiger partial charge < -0.3 is 10.8 Å². The number of aliphatic carboxylic acids is 1. The molecule has 0 amide bonds. The minimum Gasteiger partial charge on any atom is -0.481 e. The number of nitrogens with one attached hydrogen (secondary N) is 1. The van der Waals surface area contributed by atoms with E-state index in [1.807, 2.05) is 4.83 Å². The molecule has 0 spiro atoms. The second-order valence-electron chi connectivity index (χ2n) is 3.90. The van der Waals surface area contributed by atoms with Crippen LogP contribution in [0.1, 0.15) is 19.8 Å². The van der Waals surface area contributed by atoms with Crippen LogP contribution >= 0.6 is 0 Å². The summed E-state index contributed by atoms with van der Waals surface area (Å²) >= 11 is 0. The van der Waals surface area contributed by atoms with Crippen molar-refractivity contribution in [1.29, 1.82) is 0 Å². The predicted octanol–water partition coefficient (Wildman–Crippen LogP) is 0.788. The number of nitrogen functional groups attached to an aromatic ring is 1. The molecule has 0 atom stereocenters. The van der Waals surface area contributed by atoms with E-state index in [2.05, 4.69) is 5.10 Å². The second kappa shape index (κ2) is 6.19. The van der Waals surface area contributed by atoms with Gasteiger partial charge in [-0.25, -0.2) is 4.83 Å². The minimum atomic E-state index is -3.75. The van der Waals surface area contributed by atoms with Crippen LogP contribution in [-0.4, -0.2) is 25.2 Å². The molecule has 0 unspecified atom stereocenters. The Balaban J connectivity index is 2.72. The van der Waals surface area contributed by atoms with Crippen LogP contribution < -0.4 is 10.6 Å². The van der Waals surface area contributed by atoms with E-state index in [4.69, 9.17) is 10.8 Å². The Morgan fingerprint density at radius 3 is 2.42 bits per heavy atom. The molecule has 0 aromatic heterocycles. The molecule has 0 aliphatic heterocycles. The molecule has 1 rings (SSSR count). The van der Waals surface area contributed by atoms with Crippen molar-refractivity contribution in [2.24, 2.45) is 5.10 Å². The van der Waals surface area contributed by atoms with E-state index in [0.717, 1.165) is 0 Å². The summed E-state index contributed by atoms with van der Waals surface area (Å²) in [6, 6.07) is 5.66. The first-order valence-electron chi connectivity index (χ1n) is 5.43. The van der Waals surface area contributed by atoms with Crippen molar-refractivity contribution in [3.8, 4) is 0 Å². The standard InChI is InChI=1S/C11H15N3O4S/c1-8(2-7-11(15)16)13-14-19(17,18)10-5-3-9(12)4-6-10/h3-6,14H,2,7,12H2,1H3,(H,15,16). The van der Waals surface area contributed by atoms with Crippen LogP contribution in [0.25, 0.3) is 0 Å². The summed E-state index contributed by atoms with van der Waals surface area (Å²) < 4.78 is 23.6. The fourth-order valence-corrected chi connectivity index (χ4v) is 2.06. The molecule has 7 nitrogen and oxygen atoms in total. The van der Waals surface area contributed by atoms with Gasteiger partial charge in [-0.15, -0.1) is 0 Å². The van der Waals surface area contributed by atoms with Crippen molar-refractivity contribution in [3.63, 3.8) is 0 Å². The van der Waals surface area contributed by atoms with Gasteiger partial charge in [0.15, 0.2) is 0 Å². The number of nitrogens with two attached hydrogens (primary N) is 1. The van der Waals surface area contributed by atoms with Crippen LogP contribution in [0.15, 0.2) is 34.3 Å². The average molecular weight is 285 g/mol. The zero-order chi connectivity index (χ0) is 14.5. The lowest BCUT2D eigenvalue weighted by atomic mass is 10.2.